The van der Waals surface area contributed by atoms with Crippen LogP contribution in [-0.4, -0.2) is 201 Å². The minimum absolute atomic E-state index is 0.00204. The maximum absolute atomic E-state index is 13.8. The van der Waals surface area contributed by atoms with Crippen molar-refractivity contribution in [1.29, 1.82) is 0 Å². The normalized spacial score (nSPS) is 18.4. The molecular formula is C84H80O28. The second-order valence-corrected chi connectivity index (χ2v) is 27.1. The predicted octanol–water partition coefficient (Wildman–Crippen LogP) is 9.39. The Balaban J connectivity index is 1.00. The summed E-state index contributed by atoms with van der Waals surface area (Å²) in [4.78, 5) is 106. The smallest absolute Gasteiger partial charge is 0.344 e. The van der Waals surface area contributed by atoms with Crippen molar-refractivity contribution in [2.45, 2.75) is 61.2 Å². The Labute approximate surface area is 641 Å². The minimum atomic E-state index is -1.20. The number of aromatic hydroxyl groups is 4. The van der Waals surface area contributed by atoms with E-state index in [0.29, 0.717) is 74.6 Å². The van der Waals surface area contributed by atoms with E-state index in [2.05, 4.69) is 0 Å². The zero-order valence-corrected chi connectivity index (χ0v) is 61.4. The van der Waals surface area contributed by atoms with Gasteiger partial charge in [-0.05, 0) is 95.1 Å². The first-order chi connectivity index (χ1) is 54.3. The topological polar surface area (TPSA) is 375 Å². The average Bonchev–Trinajstić information content (AvgIpc) is 1.01. The molecule has 4 N–H and O–H groups in total. The molecule has 0 spiro atoms. The lowest BCUT2D eigenvalue weighted by molar-refractivity contribution is -0.154. The van der Waals surface area contributed by atoms with Gasteiger partial charge >= 0.3 is 47.8 Å². The number of epoxide rings is 3. The highest BCUT2D eigenvalue weighted by Gasteiger charge is 2.38. The van der Waals surface area contributed by atoms with E-state index >= 15 is 0 Å². The van der Waals surface area contributed by atoms with E-state index in [1.807, 2.05) is 0 Å². The maximum Gasteiger partial charge on any atom is 0.344 e. The number of hydrogen-bond acceptors (Lipinski definition) is 28. The summed E-state index contributed by atoms with van der Waals surface area (Å²) >= 11 is 0. The highest BCUT2D eigenvalue weighted by atomic mass is 16.6. The highest BCUT2D eigenvalue weighted by molar-refractivity contribution is 5.93. The molecule has 0 amide bonds. The minimum Gasteiger partial charge on any atom is -0.507 e. The summed E-state index contributed by atoms with van der Waals surface area (Å²) in [5.74, 6) is -12.7. The van der Waals surface area contributed by atoms with Crippen molar-refractivity contribution >= 4 is 47.8 Å². The van der Waals surface area contributed by atoms with E-state index < -0.39 is 97.9 Å². The molecule has 112 heavy (non-hydrogen) atoms. The van der Waals surface area contributed by atoms with Gasteiger partial charge in [0.25, 0.3) is 0 Å². The third-order valence-corrected chi connectivity index (χ3v) is 19.7. The number of fused-ring (bicyclic) bond motifs is 8. The van der Waals surface area contributed by atoms with Crippen molar-refractivity contribution in [2.75, 3.05) is 114 Å². The Morgan fingerprint density at radius 3 is 0.750 bits per heavy atom. The number of rotatable bonds is 31. The highest BCUT2D eigenvalue weighted by Crippen LogP contribution is 2.54. The standard InChI is InChI=1S/C84H80O28/c1-97-69-32-66(86)58-28-61(69)77(46-5-13-50(14-6-46)81(93)109-41-73(89)102-24-21-54-38-105-54)57-27-62(70(98-2)31-65(57)85)79(48-9-17-52(18-10-48)83(95)111-43-75(91)104-26-23-56-40-107-56)59-29-64(72(100-4)33-67(59)87)80(49-11-19-53(20-12-49)84(96)112-44-76(92)108-37-45-35-101-36-45)60-30-63(71(99-3)34-68(60)88)78(58)47-7-15-51(16-8-47)82(94)110-42-74(90)103-25-22-55-39-106-55/h5-20,27-34,45,54-56,77-80,85-88H,21-26,35-44H2,1-4H3. The summed E-state index contributed by atoms with van der Waals surface area (Å²) in [6, 6.07) is 36.4. The van der Waals surface area contributed by atoms with E-state index in [4.69, 9.17) is 75.8 Å². The Bertz CT molecular complexity index is 4510. The van der Waals surface area contributed by atoms with Crippen LogP contribution in [0, 0.1) is 5.92 Å². The van der Waals surface area contributed by atoms with Crippen LogP contribution >= 0.6 is 0 Å². The number of carbonyl (C=O) groups is 8. The lowest BCUT2D eigenvalue weighted by Crippen LogP contribution is -2.33. The molecule has 5 aliphatic rings. The molecule has 4 fully saturated rings. The average molecular weight is 1540 g/mol. The first-order valence-corrected chi connectivity index (χ1v) is 36.0. The number of carbonyl (C=O) groups excluding carboxylic acids is 8. The van der Waals surface area contributed by atoms with Crippen LogP contribution in [0.1, 0.15) is 151 Å². The van der Waals surface area contributed by atoms with Gasteiger partial charge in [-0.15, -0.1) is 0 Å². The largest absolute Gasteiger partial charge is 0.507 e. The fourth-order valence-corrected chi connectivity index (χ4v) is 13.5. The number of esters is 8. The molecule has 0 saturated carbocycles. The van der Waals surface area contributed by atoms with Gasteiger partial charge in [0.1, 0.15) is 46.0 Å². The van der Waals surface area contributed by atoms with E-state index in [1.165, 1.54) is 101 Å². The van der Waals surface area contributed by atoms with E-state index in [0.717, 1.165) is 0 Å². The first kappa shape index (κ1) is 77.9. The van der Waals surface area contributed by atoms with Crippen LogP contribution < -0.4 is 18.9 Å². The van der Waals surface area contributed by atoms with Crippen molar-refractivity contribution in [3.05, 3.63) is 235 Å². The summed E-state index contributed by atoms with van der Waals surface area (Å²) in [5, 5.41) is 51.7. The Kier molecular flexibility index (Phi) is 24.5. The molecule has 8 aromatic rings. The number of hydrogen-bond donors (Lipinski definition) is 4. The Morgan fingerprint density at radius 2 is 0.545 bits per heavy atom. The molecule has 0 radical (unpaired) electrons. The predicted molar refractivity (Wildman–Crippen MR) is 391 cm³/mol. The number of phenolic OH excluding ortho intramolecular Hbond substituents is 4. The third kappa shape index (κ3) is 18.6. The second kappa shape index (κ2) is 35.2. The summed E-state index contributed by atoms with van der Waals surface area (Å²) in [5.41, 5.74) is 3.09. The number of ether oxygens (including phenoxy) is 16. The summed E-state index contributed by atoms with van der Waals surface area (Å²) < 4.78 is 88.4. The molecule has 28 nitrogen and oxygen atoms in total. The molecule has 4 aliphatic heterocycles. The van der Waals surface area contributed by atoms with Gasteiger partial charge in [0.15, 0.2) is 26.4 Å². The van der Waals surface area contributed by atoms with E-state index in [-0.39, 0.29) is 163 Å². The molecule has 13 rings (SSSR count). The van der Waals surface area contributed by atoms with Crippen molar-refractivity contribution < 1.29 is 135 Å². The quantitative estimate of drug-likeness (QED) is 0.0178. The van der Waals surface area contributed by atoms with Crippen LogP contribution in [0.4, 0.5) is 0 Å². The van der Waals surface area contributed by atoms with Gasteiger partial charge in [0.05, 0.1) is 128 Å². The number of methoxy groups -OCH3 is 4. The zero-order chi connectivity index (χ0) is 78.7. The Morgan fingerprint density at radius 1 is 0.312 bits per heavy atom. The summed E-state index contributed by atoms with van der Waals surface area (Å²) in [7, 11) is 5.48. The molecule has 7 atom stereocenters. The van der Waals surface area contributed by atoms with Gasteiger partial charge in [0, 0.05) is 118 Å². The van der Waals surface area contributed by atoms with Gasteiger partial charge in [-0.1, -0.05) is 48.5 Å². The summed E-state index contributed by atoms with van der Waals surface area (Å²) in [6.45, 7) is 0.0402. The van der Waals surface area contributed by atoms with Crippen molar-refractivity contribution in [3.63, 3.8) is 0 Å². The third-order valence-electron chi connectivity index (χ3n) is 19.7. The molecule has 4 heterocycles. The summed E-state index contributed by atoms with van der Waals surface area (Å²) in [6.07, 6.45) is 1.44. The van der Waals surface area contributed by atoms with Crippen molar-refractivity contribution in [2.24, 2.45) is 5.92 Å². The van der Waals surface area contributed by atoms with Crippen molar-refractivity contribution in [1.82, 2.24) is 0 Å². The molecule has 28 heteroatoms. The molecular weight excluding hydrogens is 1460 g/mol. The molecule has 0 aromatic heterocycles. The van der Waals surface area contributed by atoms with Crippen LogP contribution in [0.15, 0.2) is 146 Å². The fraction of sp³-hybridized carbons (Fsp3) is 0.333. The maximum atomic E-state index is 13.8. The lowest BCUT2D eigenvalue weighted by Gasteiger charge is -2.31. The Hall–Kier alpha value is -12.2. The van der Waals surface area contributed by atoms with E-state index in [9.17, 15) is 58.8 Å². The second-order valence-electron chi connectivity index (χ2n) is 27.1. The van der Waals surface area contributed by atoms with Gasteiger partial charge in [-0.25, -0.2) is 38.4 Å². The van der Waals surface area contributed by atoms with Crippen LogP contribution in [0.5, 0.6) is 46.0 Å². The fourth-order valence-electron chi connectivity index (χ4n) is 13.5. The van der Waals surface area contributed by atoms with Crippen LogP contribution in [0.3, 0.4) is 0 Å². The number of phenols is 4. The molecule has 4 saturated heterocycles. The molecule has 584 valence electrons. The molecule has 1 aliphatic carbocycles. The van der Waals surface area contributed by atoms with Crippen LogP contribution in [0.2, 0.25) is 0 Å². The van der Waals surface area contributed by atoms with Gasteiger partial charge in [0.2, 0.25) is 0 Å². The van der Waals surface area contributed by atoms with Crippen LogP contribution in [0.25, 0.3) is 0 Å². The van der Waals surface area contributed by atoms with Crippen molar-refractivity contribution in [3.8, 4) is 46.0 Å². The van der Waals surface area contributed by atoms with Gasteiger partial charge in [-0.3, -0.25) is 0 Å². The SMILES string of the molecule is COc1cc(O)c2cc1C(c1ccc(C(=O)OCC(=O)OCCC3CO3)cc1)c1cc(c(OC)cc1O)C(c1ccc(C(=O)OCC(=O)OCCC3CO3)cc1)c1cc(c(OC)cc1O)C(c1ccc(C(=O)OCC(=O)OCCC3CO3)cc1)c1cc(c(OC)cc1O)C2c1ccc(C(=O)OCC(=O)OCC2COC2)cc1. The van der Waals surface area contributed by atoms with Crippen LogP contribution in [-0.2, 0) is 76.0 Å². The first-order valence-electron chi connectivity index (χ1n) is 36.0. The molecule has 7 unspecified atom stereocenters. The van der Waals surface area contributed by atoms with Gasteiger partial charge in [-0.2, -0.15) is 0 Å². The zero-order valence-electron chi connectivity index (χ0n) is 61.4. The van der Waals surface area contributed by atoms with Gasteiger partial charge < -0.3 is 96.2 Å². The monoisotopic (exact) mass is 1540 g/mol. The molecule has 8 aromatic carbocycles. The van der Waals surface area contributed by atoms with E-state index in [1.54, 1.807) is 72.8 Å². The number of benzene rings is 8. The lowest BCUT2D eigenvalue weighted by atomic mass is 9.75. The molecule has 8 bridgehead atoms.